The molecule has 0 radical (unpaired) electrons. The zero-order chi connectivity index (χ0) is 26.1. The Bertz CT molecular complexity index is 1260. The first-order chi connectivity index (χ1) is 17.9. The number of nitrogens with zero attached hydrogens (tertiary/aromatic N) is 5. The van der Waals surface area contributed by atoms with E-state index < -0.39 is 6.10 Å². The third-order valence-electron chi connectivity index (χ3n) is 6.92. The van der Waals surface area contributed by atoms with Crippen LogP contribution in [0.2, 0.25) is 0 Å². The lowest BCUT2D eigenvalue weighted by Gasteiger charge is -2.34. The summed E-state index contributed by atoms with van der Waals surface area (Å²) < 4.78 is 16.2. The van der Waals surface area contributed by atoms with Gasteiger partial charge in [-0.15, -0.1) is 0 Å². The van der Waals surface area contributed by atoms with Crippen LogP contribution < -0.4 is 15.0 Å². The molecule has 1 amide bonds. The predicted molar refractivity (Wildman–Crippen MR) is 137 cm³/mol. The lowest BCUT2D eigenvalue weighted by atomic mass is 10.1. The van der Waals surface area contributed by atoms with Crippen molar-refractivity contribution in [1.29, 1.82) is 0 Å². The molecule has 37 heavy (non-hydrogen) atoms. The summed E-state index contributed by atoms with van der Waals surface area (Å²) in [6.07, 6.45) is -0.0361. The van der Waals surface area contributed by atoms with Gasteiger partial charge in [0.1, 0.15) is 30.0 Å². The number of anilines is 1. The van der Waals surface area contributed by atoms with E-state index in [9.17, 15) is 9.90 Å². The Morgan fingerprint density at radius 1 is 1.24 bits per heavy atom. The fourth-order valence-electron chi connectivity index (χ4n) is 5.19. The molecule has 2 aliphatic heterocycles. The number of aliphatic hydroxyl groups excluding tert-OH is 1. The minimum absolute atomic E-state index is 0.0825. The van der Waals surface area contributed by atoms with Crippen LogP contribution >= 0.6 is 0 Å². The number of hydrogen-bond donors (Lipinski definition) is 2. The summed E-state index contributed by atoms with van der Waals surface area (Å²) in [5.74, 6) is 2.63. The smallest absolute Gasteiger partial charge is 0.409 e. The van der Waals surface area contributed by atoms with Crippen LogP contribution in [0.3, 0.4) is 0 Å². The Morgan fingerprint density at radius 2 is 2.08 bits per heavy atom. The Labute approximate surface area is 215 Å². The summed E-state index contributed by atoms with van der Waals surface area (Å²) in [6, 6.07) is 9.72. The molecule has 2 aliphatic rings. The summed E-state index contributed by atoms with van der Waals surface area (Å²) in [6.45, 7) is 5.64. The quantitative estimate of drug-likeness (QED) is 0.468. The van der Waals surface area contributed by atoms with E-state index in [4.69, 9.17) is 24.0 Å². The lowest BCUT2D eigenvalue weighted by molar-refractivity contribution is 0.108. The SMILES string of the molecule is CNCC(O)COc1cccc(-c2nc(-c3c(C)noc3C)cc(N3CC4C[C@H]3CN4C(=O)OC)n2)c1. The molecule has 1 aromatic carbocycles. The van der Waals surface area contributed by atoms with Gasteiger partial charge in [-0.25, -0.2) is 14.8 Å². The third kappa shape index (κ3) is 4.96. The second-order valence-electron chi connectivity index (χ2n) is 9.50. The number of rotatable bonds is 8. The summed E-state index contributed by atoms with van der Waals surface area (Å²) >= 11 is 0. The van der Waals surface area contributed by atoms with Crippen molar-refractivity contribution in [3.05, 3.63) is 41.8 Å². The average molecular weight is 509 g/mol. The fourth-order valence-corrected chi connectivity index (χ4v) is 5.19. The molecule has 3 atom stereocenters. The van der Waals surface area contributed by atoms with Crippen molar-refractivity contribution >= 4 is 11.9 Å². The molecule has 11 nitrogen and oxygen atoms in total. The average Bonchev–Trinajstić information content (AvgIpc) is 3.61. The van der Waals surface area contributed by atoms with Crippen LogP contribution in [0, 0.1) is 13.8 Å². The maximum atomic E-state index is 12.1. The van der Waals surface area contributed by atoms with Crippen molar-refractivity contribution in [2.45, 2.75) is 38.5 Å². The summed E-state index contributed by atoms with van der Waals surface area (Å²) in [4.78, 5) is 26.0. The molecule has 2 fully saturated rings. The molecule has 196 valence electrons. The zero-order valence-corrected chi connectivity index (χ0v) is 21.5. The van der Waals surface area contributed by atoms with Gasteiger partial charge in [0, 0.05) is 31.3 Å². The summed E-state index contributed by atoms with van der Waals surface area (Å²) in [5, 5.41) is 17.0. The fraction of sp³-hybridized carbons (Fsp3) is 0.462. The number of hydrogen-bond acceptors (Lipinski definition) is 10. The summed E-state index contributed by atoms with van der Waals surface area (Å²) in [7, 11) is 3.20. The van der Waals surface area contributed by atoms with Crippen molar-refractivity contribution < 1.29 is 23.9 Å². The maximum absolute atomic E-state index is 12.1. The number of likely N-dealkylation sites (tertiary alicyclic amines) is 1. The number of fused-ring (bicyclic) bond motifs is 2. The normalized spacial score (nSPS) is 19.4. The number of aryl methyl sites for hydroxylation is 2. The lowest BCUT2D eigenvalue weighted by Crippen LogP contribution is -2.49. The second kappa shape index (κ2) is 10.3. The van der Waals surface area contributed by atoms with Gasteiger partial charge in [-0.2, -0.15) is 0 Å². The Hall–Kier alpha value is -3.70. The third-order valence-corrected chi connectivity index (χ3v) is 6.92. The molecule has 2 N–H and O–H groups in total. The molecular weight excluding hydrogens is 476 g/mol. The number of carbonyl (C=O) groups is 1. The molecule has 2 aromatic heterocycles. The number of piperazine rings is 1. The first-order valence-electron chi connectivity index (χ1n) is 12.4. The van der Waals surface area contributed by atoms with Crippen molar-refractivity contribution in [2.24, 2.45) is 0 Å². The van der Waals surface area contributed by atoms with E-state index in [1.54, 1.807) is 11.9 Å². The first kappa shape index (κ1) is 25.0. The highest BCUT2D eigenvalue weighted by atomic mass is 16.5. The standard InChI is InChI=1S/C26H32N6O5/c1-15-24(16(2)37-30-15)22-10-23(31-12-19-9-18(31)13-32(19)26(34)35-4)29-25(28-22)17-6-5-7-21(8-17)36-14-20(33)11-27-3/h5-8,10,18-20,27,33H,9,11-14H2,1-4H3/t18-,19?,20?/m0/s1. The van der Waals surface area contributed by atoms with Crippen LogP contribution in [-0.2, 0) is 4.74 Å². The van der Waals surface area contributed by atoms with E-state index >= 15 is 0 Å². The molecule has 0 spiro atoms. The second-order valence-corrected chi connectivity index (χ2v) is 9.50. The molecule has 11 heteroatoms. The largest absolute Gasteiger partial charge is 0.491 e. The highest BCUT2D eigenvalue weighted by Gasteiger charge is 2.46. The van der Waals surface area contributed by atoms with Gasteiger partial charge >= 0.3 is 6.09 Å². The highest BCUT2D eigenvalue weighted by molar-refractivity contribution is 5.72. The number of carbonyl (C=O) groups excluding carboxylic acids is 1. The predicted octanol–water partition coefficient (Wildman–Crippen LogP) is 2.40. The summed E-state index contributed by atoms with van der Waals surface area (Å²) in [5.41, 5.74) is 3.10. The van der Waals surface area contributed by atoms with Gasteiger partial charge in [-0.05, 0) is 39.4 Å². The van der Waals surface area contributed by atoms with E-state index in [-0.39, 0.29) is 24.8 Å². The van der Waals surface area contributed by atoms with Crippen LogP contribution in [-0.4, -0.2) is 89.8 Å². The Morgan fingerprint density at radius 3 is 2.76 bits per heavy atom. The van der Waals surface area contributed by atoms with Crippen LogP contribution in [0.15, 0.2) is 34.9 Å². The topological polar surface area (TPSA) is 126 Å². The monoisotopic (exact) mass is 508 g/mol. The van der Waals surface area contributed by atoms with E-state index in [0.29, 0.717) is 37.0 Å². The molecule has 3 aromatic rings. The first-order valence-corrected chi connectivity index (χ1v) is 12.4. The molecule has 2 unspecified atom stereocenters. The Balaban J connectivity index is 1.49. The molecular formula is C26H32N6O5. The zero-order valence-electron chi connectivity index (χ0n) is 21.5. The molecule has 2 saturated heterocycles. The van der Waals surface area contributed by atoms with Crippen molar-refractivity contribution in [1.82, 2.24) is 25.3 Å². The minimum atomic E-state index is -0.616. The van der Waals surface area contributed by atoms with Crippen LogP contribution in [0.1, 0.15) is 17.9 Å². The maximum Gasteiger partial charge on any atom is 0.409 e. The van der Waals surface area contributed by atoms with Crippen LogP contribution in [0.5, 0.6) is 5.75 Å². The van der Waals surface area contributed by atoms with Gasteiger partial charge < -0.3 is 34.2 Å². The van der Waals surface area contributed by atoms with E-state index in [0.717, 1.165) is 34.8 Å². The van der Waals surface area contributed by atoms with Gasteiger partial charge in [0.25, 0.3) is 0 Å². The molecule has 0 saturated carbocycles. The molecule has 5 rings (SSSR count). The highest BCUT2D eigenvalue weighted by Crippen LogP contribution is 2.37. The van der Waals surface area contributed by atoms with E-state index in [2.05, 4.69) is 15.4 Å². The van der Waals surface area contributed by atoms with Gasteiger partial charge in [0.05, 0.1) is 36.1 Å². The Kier molecular flexibility index (Phi) is 6.98. The van der Waals surface area contributed by atoms with E-state index in [1.807, 2.05) is 44.2 Å². The number of aliphatic hydroxyl groups is 1. The molecule has 4 heterocycles. The number of ether oxygens (including phenoxy) is 2. The number of aromatic nitrogens is 3. The molecule has 2 bridgehead atoms. The van der Waals surface area contributed by atoms with Gasteiger partial charge in [0.2, 0.25) is 0 Å². The van der Waals surface area contributed by atoms with Gasteiger partial charge in [0.15, 0.2) is 5.82 Å². The molecule has 0 aliphatic carbocycles. The number of methoxy groups -OCH3 is 1. The van der Waals surface area contributed by atoms with Crippen molar-refractivity contribution in [3.8, 4) is 28.4 Å². The van der Waals surface area contributed by atoms with Crippen molar-refractivity contribution in [2.75, 3.05) is 45.3 Å². The van der Waals surface area contributed by atoms with Crippen LogP contribution in [0.4, 0.5) is 10.6 Å². The van der Waals surface area contributed by atoms with Crippen molar-refractivity contribution in [3.63, 3.8) is 0 Å². The number of benzene rings is 1. The number of likely N-dealkylation sites (N-methyl/N-ethyl adjacent to an activating group) is 1. The van der Waals surface area contributed by atoms with Crippen LogP contribution in [0.25, 0.3) is 22.6 Å². The van der Waals surface area contributed by atoms with Gasteiger partial charge in [-0.1, -0.05) is 17.3 Å². The number of nitrogens with one attached hydrogen (secondary N) is 1. The van der Waals surface area contributed by atoms with E-state index in [1.165, 1.54) is 7.11 Å². The van der Waals surface area contributed by atoms with Gasteiger partial charge in [-0.3, -0.25) is 0 Å². The number of amides is 1. The minimum Gasteiger partial charge on any atom is -0.491 e.